The third-order valence-corrected chi connectivity index (χ3v) is 3.31. The lowest BCUT2D eigenvalue weighted by molar-refractivity contribution is -0.141. The van der Waals surface area contributed by atoms with Crippen molar-refractivity contribution in [3.63, 3.8) is 0 Å². The number of nitrogens with zero attached hydrogens (tertiary/aromatic N) is 2. The monoisotopic (exact) mass is 288 g/mol. The number of aromatic nitrogens is 1. The second-order valence-electron chi connectivity index (χ2n) is 4.74. The Bertz CT molecular complexity index is 566. The summed E-state index contributed by atoms with van der Waals surface area (Å²) in [5.74, 6) is 0.563. The SMILES string of the molecule is CCN(CCC(=O)OC)Cc1cc(-c2ccccc2)on1. The summed E-state index contributed by atoms with van der Waals surface area (Å²) >= 11 is 0. The average molecular weight is 288 g/mol. The van der Waals surface area contributed by atoms with Gasteiger partial charge in [0.2, 0.25) is 0 Å². The highest BCUT2D eigenvalue weighted by Crippen LogP contribution is 2.20. The van der Waals surface area contributed by atoms with Crippen LogP contribution in [-0.2, 0) is 16.1 Å². The van der Waals surface area contributed by atoms with E-state index in [0.717, 1.165) is 23.6 Å². The summed E-state index contributed by atoms with van der Waals surface area (Å²) in [6.45, 7) is 4.19. The Hall–Kier alpha value is -2.14. The van der Waals surface area contributed by atoms with Crippen molar-refractivity contribution in [2.24, 2.45) is 0 Å². The molecule has 0 saturated carbocycles. The van der Waals surface area contributed by atoms with Gasteiger partial charge in [-0.05, 0) is 6.54 Å². The number of benzene rings is 1. The van der Waals surface area contributed by atoms with Gasteiger partial charge in [-0.25, -0.2) is 0 Å². The summed E-state index contributed by atoms with van der Waals surface area (Å²) in [4.78, 5) is 13.3. The van der Waals surface area contributed by atoms with Crippen LogP contribution < -0.4 is 0 Å². The highest BCUT2D eigenvalue weighted by molar-refractivity contribution is 5.69. The standard InChI is InChI=1S/C16H20N2O3/c1-3-18(10-9-16(19)20-2)12-14-11-15(21-17-14)13-7-5-4-6-8-13/h4-8,11H,3,9-10,12H2,1-2H3. The molecule has 2 aromatic rings. The van der Waals surface area contributed by atoms with Crippen molar-refractivity contribution in [2.75, 3.05) is 20.2 Å². The smallest absolute Gasteiger partial charge is 0.306 e. The Morgan fingerprint density at radius 2 is 2.10 bits per heavy atom. The molecule has 5 heteroatoms. The van der Waals surface area contributed by atoms with Gasteiger partial charge in [-0.1, -0.05) is 42.4 Å². The second-order valence-corrected chi connectivity index (χ2v) is 4.74. The molecular weight excluding hydrogens is 268 g/mol. The first-order valence-electron chi connectivity index (χ1n) is 7.03. The number of methoxy groups -OCH3 is 1. The molecule has 0 spiro atoms. The number of carbonyl (C=O) groups is 1. The van der Waals surface area contributed by atoms with E-state index in [0.29, 0.717) is 19.5 Å². The van der Waals surface area contributed by atoms with Crippen molar-refractivity contribution in [1.29, 1.82) is 0 Å². The molecule has 1 heterocycles. The van der Waals surface area contributed by atoms with Gasteiger partial charge < -0.3 is 9.26 Å². The van der Waals surface area contributed by atoms with E-state index in [2.05, 4.69) is 21.7 Å². The Kier molecular flexibility index (Phi) is 5.51. The molecule has 1 aromatic heterocycles. The summed E-state index contributed by atoms with van der Waals surface area (Å²) in [7, 11) is 1.41. The van der Waals surface area contributed by atoms with Crippen molar-refractivity contribution in [3.8, 4) is 11.3 Å². The lowest BCUT2D eigenvalue weighted by Gasteiger charge is -2.17. The second kappa shape index (κ2) is 7.59. The maximum Gasteiger partial charge on any atom is 0.306 e. The van der Waals surface area contributed by atoms with Gasteiger partial charge in [0.25, 0.3) is 0 Å². The molecule has 0 saturated heterocycles. The topological polar surface area (TPSA) is 55.6 Å². The molecule has 2 rings (SSSR count). The van der Waals surface area contributed by atoms with Crippen LogP contribution in [0.25, 0.3) is 11.3 Å². The van der Waals surface area contributed by atoms with Gasteiger partial charge >= 0.3 is 5.97 Å². The van der Waals surface area contributed by atoms with Crippen molar-refractivity contribution >= 4 is 5.97 Å². The summed E-state index contributed by atoms with van der Waals surface area (Å²) in [6, 6.07) is 11.8. The molecule has 112 valence electrons. The lowest BCUT2D eigenvalue weighted by Crippen LogP contribution is -2.26. The quantitative estimate of drug-likeness (QED) is 0.733. The average Bonchev–Trinajstić information content (AvgIpc) is 3.00. The molecule has 0 radical (unpaired) electrons. The van der Waals surface area contributed by atoms with Crippen LogP contribution >= 0.6 is 0 Å². The van der Waals surface area contributed by atoms with Crippen LogP contribution in [0, 0.1) is 0 Å². The first-order chi connectivity index (χ1) is 10.2. The molecule has 0 fully saturated rings. The van der Waals surface area contributed by atoms with Crippen LogP contribution in [0.3, 0.4) is 0 Å². The number of rotatable bonds is 7. The van der Waals surface area contributed by atoms with Gasteiger partial charge in [-0.2, -0.15) is 0 Å². The van der Waals surface area contributed by atoms with E-state index < -0.39 is 0 Å². The van der Waals surface area contributed by atoms with Gasteiger partial charge in [0.05, 0.1) is 19.2 Å². The molecular formula is C16H20N2O3. The Balaban J connectivity index is 1.96. The Labute approximate surface area is 124 Å². The molecule has 21 heavy (non-hydrogen) atoms. The van der Waals surface area contributed by atoms with E-state index in [1.165, 1.54) is 7.11 Å². The van der Waals surface area contributed by atoms with E-state index in [1.807, 2.05) is 36.4 Å². The largest absolute Gasteiger partial charge is 0.469 e. The zero-order chi connectivity index (χ0) is 15.1. The molecule has 5 nitrogen and oxygen atoms in total. The number of hydrogen-bond acceptors (Lipinski definition) is 5. The molecule has 0 aliphatic carbocycles. The Morgan fingerprint density at radius 3 is 2.76 bits per heavy atom. The van der Waals surface area contributed by atoms with Crippen LogP contribution in [0.2, 0.25) is 0 Å². The van der Waals surface area contributed by atoms with Crippen LogP contribution in [0.4, 0.5) is 0 Å². The van der Waals surface area contributed by atoms with Crippen molar-refractivity contribution in [3.05, 3.63) is 42.1 Å². The third kappa shape index (κ3) is 4.43. The van der Waals surface area contributed by atoms with Crippen LogP contribution in [0.1, 0.15) is 19.0 Å². The highest BCUT2D eigenvalue weighted by Gasteiger charge is 2.11. The van der Waals surface area contributed by atoms with Gasteiger partial charge in [0.1, 0.15) is 0 Å². The van der Waals surface area contributed by atoms with Crippen LogP contribution in [0.5, 0.6) is 0 Å². The first kappa shape index (κ1) is 15.3. The van der Waals surface area contributed by atoms with E-state index in [9.17, 15) is 4.79 Å². The van der Waals surface area contributed by atoms with Crippen molar-refractivity contribution in [2.45, 2.75) is 19.9 Å². The summed E-state index contributed by atoms with van der Waals surface area (Å²) in [5, 5.41) is 4.09. The highest BCUT2D eigenvalue weighted by atomic mass is 16.5. The number of carbonyl (C=O) groups excluding carboxylic acids is 1. The molecule has 1 aromatic carbocycles. The number of hydrogen-bond donors (Lipinski definition) is 0. The zero-order valence-electron chi connectivity index (χ0n) is 12.4. The molecule has 0 aliphatic rings. The van der Waals surface area contributed by atoms with Crippen LogP contribution in [0.15, 0.2) is 40.9 Å². The summed E-state index contributed by atoms with van der Waals surface area (Å²) in [6.07, 6.45) is 0.383. The van der Waals surface area contributed by atoms with Gasteiger partial charge in [0.15, 0.2) is 5.76 Å². The van der Waals surface area contributed by atoms with E-state index in [4.69, 9.17) is 4.52 Å². The Morgan fingerprint density at radius 1 is 1.33 bits per heavy atom. The normalized spacial score (nSPS) is 10.8. The fourth-order valence-corrected chi connectivity index (χ4v) is 2.05. The lowest BCUT2D eigenvalue weighted by atomic mass is 10.1. The fourth-order valence-electron chi connectivity index (χ4n) is 2.05. The predicted molar refractivity (Wildman–Crippen MR) is 79.5 cm³/mol. The minimum absolute atomic E-state index is 0.196. The summed E-state index contributed by atoms with van der Waals surface area (Å²) in [5.41, 5.74) is 1.87. The molecule has 0 aliphatic heterocycles. The summed E-state index contributed by atoms with van der Waals surface area (Å²) < 4.78 is 10.0. The third-order valence-electron chi connectivity index (χ3n) is 3.31. The van der Waals surface area contributed by atoms with Crippen molar-refractivity contribution < 1.29 is 14.1 Å². The number of ether oxygens (including phenoxy) is 1. The molecule has 0 N–H and O–H groups in total. The molecule has 0 atom stereocenters. The van der Waals surface area contributed by atoms with Gasteiger partial charge in [-0.3, -0.25) is 9.69 Å². The maximum absolute atomic E-state index is 11.2. The number of esters is 1. The first-order valence-corrected chi connectivity index (χ1v) is 7.03. The van der Waals surface area contributed by atoms with E-state index in [1.54, 1.807) is 0 Å². The minimum atomic E-state index is -0.196. The van der Waals surface area contributed by atoms with Crippen molar-refractivity contribution in [1.82, 2.24) is 10.1 Å². The fraction of sp³-hybridized carbons (Fsp3) is 0.375. The van der Waals surface area contributed by atoms with E-state index >= 15 is 0 Å². The molecule has 0 bridgehead atoms. The minimum Gasteiger partial charge on any atom is -0.469 e. The van der Waals surface area contributed by atoms with E-state index in [-0.39, 0.29) is 5.97 Å². The van der Waals surface area contributed by atoms with Crippen LogP contribution in [-0.4, -0.2) is 36.2 Å². The predicted octanol–water partition coefficient (Wildman–Crippen LogP) is 2.73. The van der Waals surface area contributed by atoms with Gasteiger partial charge in [0, 0.05) is 24.7 Å². The molecule has 0 unspecified atom stereocenters. The maximum atomic E-state index is 11.2. The van der Waals surface area contributed by atoms with Gasteiger partial charge in [-0.15, -0.1) is 0 Å². The zero-order valence-corrected chi connectivity index (χ0v) is 12.4. The molecule has 0 amide bonds.